The van der Waals surface area contributed by atoms with Crippen molar-refractivity contribution >= 4 is 131 Å². The van der Waals surface area contributed by atoms with Crippen molar-refractivity contribution in [3.8, 4) is 56.4 Å². The van der Waals surface area contributed by atoms with Gasteiger partial charge in [-0.3, -0.25) is 9.55 Å². The van der Waals surface area contributed by atoms with Gasteiger partial charge >= 0.3 is 0 Å². The Morgan fingerprint density at radius 3 is 0.902 bits per heavy atom. The number of hydrogen-bond donors (Lipinski definition) is 0. The molecule has 14 aromatic carbocycles. The van der Waals surface area contributed by atoms with Crippen molar-refractivity contribution in [3.05, 3.63) is 364 Å². The number of rotatable bonds is 8. The second-order valence-electron chi connectivity index (χ2n) is 26.5. The minimum atomic E-state index is 0.962. The summed E-state index contributed by atoms with van der Waals surface area (Å²) in [4.78, 5) is 9.37. The fourth-order valence-electron chi connectivity index (χ4n) is 16.5. The van der Waals surface area contributed by atoms with Gasteiger partial charge in [0.05, 0.1) is 66.9 Å². The maximum Gasteiger partial charge on any atom is 0.145 e. The molecule has 8 heteroatoms. The van der Waals surface area contributed by atoms with E-state index in [9.17, 15) is 0 Å². The number of para-hydroxylation sites is 6. The highest BCUT2D eigenvalue weighted by Crippen LogP contribution is 2.44. The molecule has 0 amide bonds. The number of pyridine rings is 2. The maximum absolute atomic E-state index is 4.85. The maximum atomic E-state index is 4.85. The van der Waals surface area contributed by atoms with E-state index >= 15 is 0 Å². The molecule has 22 rings (SSSR count). The number of aromatic nitrogens is 8. The van der Waals surface area contributed by atoms with Crippen LogP contribution in [0.2, 0.25) is 0 Å². The molecule has 0 bridgehead atoms. The van der Waals surface area contributed by atoms with E-state index in [4.69, 9.17) is 4.98 Å². The van der Waals surface area contributed by atoms with E-state index in [-0.39, 0.29) is 0 Å². The first-order chi connectivity index (χ1) is 50.6. The quantitative estimate of drug-likeness (QED) is 0.152. The van der Waals surface area contributed by atoms with Crippen LogP contribution in [0.15, 0.2) is 364 Å². The lowest BCUT2D eigenvalue weighted by Gasteiger charge is -2.11. The van der Waals surface area contributed by atoms with E-state index in [1.165, 1.54) is 126 Å². The third-order valence-electron chi connectivity index (χ3n) is 21.0. The Balaban J connectivity index is 0.000000133. The van der Waals surface area contributed by atoms with Crippen LogP contribution in [0.25, 0.3) is 187 Å². The molecule has 8 aromatic heterocycles. The summed E-state index contributed by atoms with van der Waals surface area (Å²) in [5.41, 5.74) is 25.6. The third-order valence-corrected chi connectivity index (χ3v) is 21.0. The van der Waals surface area contributed by atoms with Crippen LogP contribution < -0.4 is 0 Å². The lowest BCUT2D eigenvalue weighted by atomic mass is 10.1. The molecule has 22 aromatic rings. The van der Waals surface area contributed by atoms with Gasteiger partial charge in [-0.2, -0.15) is 0 Å². The standard InChI is InChI=1S/2C47H30N4/c1-3-12-31(13-4-1)32-21-23-34(24-22-32)49-42-19-9-7-16-36(42)40-30-46-41(29-45(40)49)37-17-8-10-20-43(37)50(46)35-25-26-44-39(28-35)38-18-11-27-48-47(38)51(44)33-14-5-2-6-15-33;1-3-11-31(12-4-1)32-19-21-34(22-20-32)49-42-17-9-7-15-36(42)40-29-46-41(28-45(40)49)37-16-8-10-18-43(37)51(46)35-23-24-44-39(27-35)38-25-26-48-30-47(38)50(44)33-13-5-2-6-14-33/h2*1-30H. The van der Waals surface area contributed by atoms with Crippen molar-refractivity contribution in [2.75, 3.05) is 0 Å². The average Bonchev–Trinajstić information content (AvgIpc) is 1.56. The largest absolute Gasteiger partial charge is 0.309 e. The van der Waals surface area contributed by atoms with Gasteiger partial charge in [-0.25, -0.2) is 4.98 Å². The molecule has 102 heavy (non-hydrogen) atoms. The molecule has 0 spiro atoms. The Morgan fingerprint density at radius 1 is 0.167 bits per heavy atom. The molecule has 0 aliphatic rings. The van der Waals surface area contributed by atoms with Gasteiger partial charge in [-0.15, -0.1) is 0 Å². The molecule has 0 aliphatic carbocycles. The van der Waals surface area contributed by atoms with Gasteiger partial charge in [0, 0.05) is 111 Å². The van der Waals surface area contributed by atoms with Gasteiger partial charge in [0.2, 0.25) is 0 Å². The Hall–Kier alpha value is -13.8. The number of nitrogens with zero attached hydrogens (tertiary/aromatic N) is 8. The summed E-state index contributed by atoms with van der Waals surface area (Å²) in [6.07, 6.45) is 5.75. The lowest BCUT2D eigenvalue weighted by Crippen LogP contribution is -1.96. The lowest BCUT2D eigenvalue weighted by molar-refractivity contribution is 1.13. The molecule has 0 atom stereocenters. The van der Waals surface area contributed by atoms with Crippen LogP contribution in [0.3, 0.4) is 0 Å². The molecule has 0 fully saturated rings. The van der Waals surface area contributed by atoms with Gasteiger partial charge in [0.1, 0.15) is 5.65 Å². The summed E-state index contributed by atoms with van der Waals surface area (Å²) < 4.78 is 14.3. The first kappa shape index (κ1) is 57.3. The van der Waals surface area contributed by atoms with Gasteiger partial charge in [-0.05, 0) is 174 Å². The van der Waals surface area contributed by atoms with Crippen LogP contribution in [-0.2, 0) is 0 Å². The van der Waals surface area contributed by atoms with Crippen molar-refractivity contribution in [2.24, 2.45) is 0 Å². The SMILES string of the molecule is c1ccc(-c2ccc(-n3c4ccccc4c4cc5c(cc43)c3ccccc3n5-c3ccc4c(c3)c3cccnc3n4-c3ccccc3)cc2)cc1.c1ccc(-c2ccc(-n3c4ccccc4c4cc5c(cc43)c3ccccc3n5-c3ccc4c(c3)c3ccncc3n4-c3ccccc3)cc2)cc1. The Morgan fingerprint density at radius 2 is 0.461 bits per heavy atom. The summed E-state index contributed by atoms with van der Waals surface area (Å²) in [5.74, 6) is 0. The molecule has 0 aliphatic heterocycles. The van der Waals surface area contributed by atoms with Gasteiger partial charge in [0.15, 0.2) is 0 Å². The van der Waals surface area contributed by atoms with Crippen molar-refractivity contribution in [1.29, 1.82) is 0 Å². The molecule has 0 radical (unpaired) electrons. The Bertz CT molecular complexity index is 6650. The Labute approximate surface area is 585 Å². The highest BCUT2D eigenvalue weighted by molar-refractivity contribution is 6.21. The van der Waals surface area contributed by atoms with Gasteiger partial charge in [0.25, 0.3) is 0 Å². The predicted molar refractivity (Wildman–Crippen MR) is 425 cm³/mol. The molecule has 0 saturated carbocycles. The monoisotopic (exact) mass is 1300 g/mol. The van der Waals surface area contributed by atoms with Crippen LogP contribution >= 0.6 is 0 Å². The van der Waals surface area contributed by atoms with E-state index < -0.39 is 0 Å². The summed E-state index contributed by atoms with van der Waals surface area (Å²) >= 11 is 0. The molecular weight excluding hydrogens is 1240 g/mol. The van der Waals surface area contributed by atoms with Gasteiger partial charge in [-0.1, -0.05) is 194 Å². The van der Waals surface area contributed by atoms with Crippen LogP contribution in [0, 0.1) is 0 Å². The van der Waals surface area contributed by atoms with E-state index in [0.29, 0.717) is 0 Å². The molecular formula is C94H60N8. The molecule has 0 saturated heterocycles. The second-order valence-corrected chi connectivity index (χ2v) is 26.5. The summed E-state index contributed by atoms with van der Waals surface area (Å²) in [6, 6.07) is 125. The number of benzene rings is 14. The van der Waals surface area contributed by atoms with E-state index in [1.54, 1.807) is 0 Å². The zero-order valence-corrected chi connectivity index (χ0v) is 55.2. The van der Waals surface area contributed by atoms with E-state index in [0.717, 1.165) is 61.7 Å². The number of fused-ring (bicyclic) bond motifs is 18. The minimum absolute atomic E-state index is 0.962. The van der Waals surface area contributed by atoms with Crippen molar-refractivity contribution in [3.63, 3.8) is 0 Å². The topological polar surface area (TPSA) is 55.4 Å². The first-order valence-corrected chi connectivity index (χ1v) is 34.8. The third kappa shape index (κ3) is 8.83. The average molecular weight is 1300 g/mol. The zero-order valence-electron chi connectivity index (χ0n) is 55.2. The van der Waals surface area contributed by atoms with Crippen molar-refractivity contribution in [2.45, 2.75) is 0 Å². The highest BCUT2D eigenvalue weighted by atomic mass is 15.1. The van der Waals surface area contributed by atoms with Crippen LogP contribution in [0.4, 0.5) is 0 Å². The molecule has 8 heterocycles. The summed E-state index contributed by atoms with van der Waals surface area (Å²) in [7, 11) is 0. The van der Waals surface area contributed by atoms with E-state index in [1.807, 2.05) is 24.7 Å². The van der Waals surface area contributed by atoms with Crippen molar-refractivity contribution in [1.82, 2.24) is 37.4 Å². The first-order valence-electron chi connectivity index (χ1n) is 34.8. The predicted octanol–water partition coefficient (Wildman–Crippen LogP) is 24.1. The van der Waals surface area contributed by atoms with Crippen molar-refractivity contribution < 1.29 is 0 Å². The zero-order chi connectivity index (χ0) is 66.9. The Kier molecular flexibility index (Phi) is 12.9. The van der Waals surface area contributed by atoms with Crippen LogP contribution in [0.5, 0.6) is 0 Å². The minimum Gasteiger partial charge on any atom is -0.309 e. The molecule has 476 valence electrons. The summed E-state index contributed by atoms with van der Waals surface area (Å²) in [6.45, 7) is 0. The number of hydrogen-bond acceptors (Lipinski definition) is 2. The smallest absolute Gasteiger partial charge is 0.145 e. The molecule has 8 nitrogen and oxygen atoms in total. The van der Waals surface area contributed by atoms with Crippen LogP contribution in [0.1, 0.15) is 0 Å². The highest BCUT2D eigenvalue weighted by Gasteiger charge is 2.24. The van der Waals surface area contributed by atoms with Crippen LogP contribution in [-0.4, -0.2) is 37.4 Å². The normalized spacial score (nSPS) is 11.9. The van der Waals surface area contributed by atoms with E-state index in [2.05, 4.69) is 372 Å². The fraction of sp³-hybridized carbons (Fsp3) is 0. The molecule has 0 unspecified atom stereocenters. The second kappa shape index (κ2) is 22.9. The molecule has 0 N–H and O–H groups in total. The fourth-order valence-corrected chi connectivity index (χ4v) is 16.5. The van der Waals surface area contributed by atoms with Gasteiger partial charge < -0.3 is 22.8 Å². The summed E-state index contributed by atoms with van der Waals surface area (Å²) in [5, 5.41) is 14.6.